The van der Waals surface area contributed by atoms with E-state index in [1.54, 1.807) is 0 Å². The van der Waals surface area contributed by atoms with Crippen molar-refractivity contribution in [2.45, 2.75) is 45.8 Å². The second-order valence-corrected chi connectivity index (χ2v) is 4.58. The summed E-state index contributed by atoms with van der Waals surface area (Å²) in [5.41, 5.74) is 0.183. The molecule has 0 fully saturated rings. The van der Waals surface area contributed by atoms with Crippen LogP contribution in [0.2, 0.25) is 5.02 Å². The third kappa shape index (κ3) is 3.99. The van der Waals surface area contributed by atoms with Crippen molar-refractivity contribution in [3.05, 3.63) is 21.6 Å². The Balaban J connectivity index is 2.77. The lowest BCUT2D eigenvalue weighted by atomic mass is 10.3. The van der Waals surface area contributed by atoms with Gasteiger partial charge in [0.1, 0.15) is 5.02 Å². The molecule has 0 radical (unpaired) electrons. The van der Waals surface area contributed by atoms with E-state index in [1.165, 1.54) is 10.9 Å². The van der Waals surface area contributed by atoms with Crippen LogP contribution in [-0.4, -0.2) is 27.5 Å². The highest BCUT2D eigenvalue weighted by Crippen LogP contribution is 2.15. The molecule has 2 N–H and O–H groups in total. The molecule has 0 bridgehead atoms. The molecular weight excluding hydrogens is 254 g/mol. The summed E-state index contributed by atoms with van der Waals surface area (Å²) in [4.78, 5) is 11.9. The minimum Gasteiger partial charge on any atom is -0.391 e. The molecule has 1 aromatic rings. The number of unbranched alkanes of at least 4 members (excludes halogenated alkanes) is 1. The van der Waals surface area contributed by atoms with Crippen molar-refractivity contribution >= 4 is 17.3 Å². The van der Waals surface area contributed by atoms with Crippen LogP contribution in [0.25, 0.3) is 0 Å². The molecule has 0 aliphatic rings. The number of aryl methyl sites for hydroxylation is 1. The summed E-state index contributed by atoms with van der Waals surface area (Å²) in [6.07, 6.45) is 3.61. The molecule has 1 rings (SSSR count). The summed E-state index contributed by atoms with van der Waals surface area (Å²) in [6, 6.07) is 0. The van der Waals surface area contributed by atoms with Gasteiger partial charge in [0.15, 0.2) is 0 Å². The first-order chi connectivity index (χ1) is 8.60. The molecule has 102 valence electrons. The number of aliphatic hydroxyl groups is 1. The van der Waals surface area contributed by atoms with Gasteiger partial charge in [-0.2, -0.15) is 5.10 Å². The maximum atomic E-state index is 11.9. The normalized spacial score (nSPS) is 12.4. The van der Waals surface area contributed by atoms with Gasteiger partial charge in [0.25, 0.3) is 5.56 Å². The van der Waals surface area contributed by atoms with Crippen molar-refractivity contribution in [3.63, 3.8) is 0 Å². The molecule has 0 spiro atoms. The van der Waals surface area contributed by atoms with E-state index in [2.05, 4.69) is 17.3 Å². The number of nitrogens with one attached hydrogen (secondary N) is 1. The smallest absolute Gasteiger partial charge is 0.287 e. The highest BCUT2D eigenvalue weighted by molar-refractivity contribution is 6.32. The van der Waals surface area contributed by atoms with Gasteiger partial charge in [-0.15, -0.1) is 0 Å². The van der Waals surface area contributed by atoms with Gasteiger partial charge in [0.2, 0.25) is 0 Å². The Morgan fingerprint density at radius 1 is 1.56 bits per heavy atom. The Morgan fingerprint density at radius 2 is 2.28 bits per heavy atom. The van der Waals surface area contributed by atoms with Crippen molar-refractivity contribution in [3.8, 4) is 0 Å². The van der Waals surface area contributed by atoms with Gasteiger partial charge < -0.3 is 10.4 Å². The third-order valence-corrected chi connectivity index (χ3v) is 3.07. The maximum absolute atomic E-state index is 11.9. The summed E-state index contributed by atoms with van der Waals surface area (Å²) < 4.78 is 1.37. The Kier molecular flexibility index (Phi) is 6.15. The van der Waals surface area contributed by atoms with Crippen LogP contribution >= 0.6 is 11.6 Å². The summed E-state index contributed by atoms with van der Waals surface area (Å²) in [7, 11) is 0. The van der Waals surface area contributed by atoms with Gasteiger partial charge >= 0.3 is 0 Å². The summed E-state index contributed by atoms with van der Waals surface area (Å²) in [5, 5.41) is 16.6. The first-order valence-corrected chi connectivity index (χ1v) is 6.65. The van der Waals surface area contributed by atoms with E-state index in [-0.39, 0.29) is 10.6 Å². The van der Waals surface area contributed by atoms with Crippen molar-refractivity contribution in [1.82, 2.24) is 9.78 Å². The van der Waals surface area contributed by atoms with Crippen LogP contribution in [0.4, 0.5) is 5.69 Å². The SMILES string of the molecule is CCCCn1ncc(NCC(O)CC)c(Cl)c1=O. The largest absolute Gasteiger partial charge is 0.391 e. The van der Waals surface area contributed by atoms with Crippen LogP contribution in [0, 0.1) is 0 Å². The third-order valence-electron chi connectivity index (χ3n) is 2.71. The van der Waals surface area contributed by atoms with Crippen LogP contribution in [0.1, 0.15) is 33.1 Å². The van der Waals surface area contributed by atoms with Gasteiger partial charge in [0.05, 0.1) is 18.0 Å². The first kappa shape index (κ1) is 15.0. The number of halogens is 1. The van der Waals surface area contributed by atoms with E-state index in [0.29, 0.717) is 25.2 Å². The molecule has 0 saturated heterocycles. The average molecular weight is 274 g/mol. The van der Waals surface area contributed by atoms with Crippen LogP contribution in [0.3, 0.4) is 0 Å². The number of hydrogen-bond acceptors (Lipinski definition) is 4. The van der Waals surface area contributed by atoms with E-state index >= 15 is 0 Å². The lowest BCUT2D eigenvalue weighted by molar-refractivity contribution is 0.183. The van der Waals surface area contributed by atoms with Crippen molar-refractivity contribution < 1.29 is 5.11 Å². The number of aliphatic hydroxyl groups excluding tert-OH is 1. The molecule has 0 aliphatic carbocycles. The molecule has 0 aromatic carbocycles. The number of nitrogens with zero attached hydrogens (tertiary/aromatic N) is 2. The van der Waals surface area contributed by atoms with E-state index < -0.39 is 6.10 Å². The zero-order chi connectivity index (χ0) is 13.5. The minimum absolute atomic E-state index is 0.129. The number of hydrogen-bond donors (Lipinski definition) is 2. The Bertz CT molecular complexity index is 434. The fraction of sp³-hybridized carbons (Fsp3) is 0.667. The molecule has 0 amide bonds. The standard InChI is InChI=1S/C12H20ClN3O2/c1-3-5-6-16-12(18)11(13)10(8-15-16)14-7-9(17)4-2/h8-9,14,17H,3-7H2,1-2H3. The fourth-order valence-corrected chi connectivity index (χ4v) is 1.64. The molecule has 1 heterocycles. The predicted octanol–water partition coefficient (Wildman–Crippen LogP) is 1.88. The number of rotatable bonds is 7. The lowest BCUT2D eigenvalue weighted by Gasteiger charge is -2.12. The molecule has 1 atom stereocenters. The van der Waals surface area contributed by atoms with E-state index in [9.17, 15) is 9.90 Å². The van der Waals surface area contributed by atoms with Gasteiger partial charge in [0, 0.05) is 13.1 Å². The molecular formula is C12H20ClN3O2. The molecule has 5 nitrogen and oxygen atoms in total. The van der Waals surface area contributed by atoms with Crippen molar-refractivity contribution in [2.24, 2.45) is 0 Å². The lowest BCUT2D eigenvalue weighted by Crippen LogP contribution is -2.26. The van der Waals surface area contributed by atoms with Gasteiger partial charge in [-0.1, -0.05) is 31.9 Å². The second-order valence-electron chi connectivity index (χ2n) is 4.20. The topological polar surface area (TPSA) is 67.2 Å². The number of aromatic nitrogens is 2. The van der Waals surface area contributed by atoms with E-state index in [0.717, 1.165) is 12.8 Å². The summed E-state index contributed by atoms with van der Waals surface area (Å²) in [6.45, 7) is 4.87. The minimum atomic E-state index is -0.455. The van der Waals surface area contributed by atoms with Crippen LogP contribution in [-0.2, 0) is 6.54 Å². The highest BCUT2D eigenvalue weighted by atomic mass is 35.5. The maximum Gasteiger partial charge on any atom is 0.287 e. The zero-order valence-electron chi connectivity index (χ0n) is 10.8. The van der Waals surface area contributed by atoms with Crippen LogP contribution < -0.4 is 10.9 Å². The first-order valence-electron chi connectivity index (χ1n) is 6.27. The van der Waals surface area contributed by atoms with E-state index in [4.69, 9.17) is 11.6 Å². The fourth-order valence-electron chi connectivity index (χ4n) is 1.43. The van der Waals surface area contributed by atoms with Gasteiger partial charge in [-0.05, 0) is 12.8 Å². The summed E-state index contributed by atoms with van der Waals surface area (Å²) in [5.74, 6) is 0. The second kappa shape index (κ2) is 7.38. The Morgan fingerprint density at radius 3 is 2.89 bits per heavy atom. The van der Waals surface area contributed by atoms with E-state index in [1.807, 2.05) is 6.92 Å². The Hall–Kier alpha value is -1.07. The quantitative estimate of drug-likeness (QED) is 0.796. The number of anilines is 1. The average Bonchev–Trinajstić information content (AvgIpc) is 2.39. The van der Waals surface area contributed by atoms with Crippen molar-refractivity contribution in [2.75, 3.05) is 11.9 Å². The molecule has 1 aromatic heterocycles. The molecule has 0 aliphatic heterocycles. The van der Waals surface area contributed by atoms with Gasteiger partial charge in [-0.25, -0.2) is 4.68 Å². The van der Waals surface area contributed by atoms with Crippen molar-refractivity contribution in [1.29, 1.82) is 0 Å². The molecule has 0 saturated carbocycles. The highest BCUT2D eigenvalue weighted by Gasteiger charge is 2.09. The monoisotopic (exact) mass is 273 g/mol. The molecule has 6 heteroatoms. The van der Waals surface area contributed by atoms with Gasteiger partial charge in [-0.3, -0.25) is 4.79 Å². The van der Waals surface area contributed by atoms with Crippen LogP contribution in [0.15, 0.2) is 11.0 Å². The van der Waals surface area contributed by atoms with Crippen LogP contribution in [0.5, 0.6) is 0 Å². The summed E-state index contributed by atoms with van der Waals surface area (Å²) >= 11 is 5.99. The Labute approximate surface area is 112 Å². The zero-order valence-corrected chi connectivity index (χ0v) is 11.6. The predicted molar refractivity (Wildman–Crippen MR) is 73.2 cm³/mol. The molecule has 18 heavy (non-hydrogen) atoms. The molecule has 1 unspecified atom stereocenters.